The van der Waals surface area contributed by atoms with Gasteiger partial charge >= 0.3 is 0 Å². The number of piperazine rings is 1. The van der Waals surface area contributed by atoms with Crippen LogP contribution in [0.1, 0.15) is 35.6 Å². The molecule has 0 bridgehead atoms. The summed E-state index contributed by atoms with van der Waals surface area (Å²) in [6.45, 7) is 14.3. The van der Waals surface area contributed by atoms with Gasteiger partial charge in [-0.25, -0.2) is 0 Å². The van der Waals surface area contributed by atoms with Crippen LogP contribution in [-0.2, 0) is 4.79 Å². The quantitative estimate of drug-likeness (QED) is 0.684. The largest absolute Gasteiger partial charge is 0.360 e. The number of hydrogen-bond acceptors (Lipinski definition) is 5. The minimum atomic E-state index is 0.0938. The van der Waals surface area contributed by atoms with E-state index < -0.39 is 0 Å². The molecule has 1 amide bonds. The van der Waals surface area contributed by atoms with E-state index in [1.807, 2.05) is 37.8 Å². The number of likely N-dealkylation sites (tertiary alicyclic amines) is 1. The Morgan fingerprint density at radius 2 is 1.67 bits per heavy atom. The van der Waals surface area contributed by atoms with Gasteiger partial charge in [-0.1, -0.05) is 5.16 Å². The van der Waals surface area contributed by atoms with Crippen LogP contribution in [0, 0.1) is 20.8 Å². The molecular formula is C23H33N5O2. The van der Waals surface area contributed by atoms with Crippen LogP contribution in [0.5, 0.6) is 0 Å². The standard InChI is InChI=1S/C23H33N5O2/c1-18-16-21(20(3)28(18)22-17-19(2)30-24-22)6-7-23(29)27-14-12-26(13-15-27)11-10-25-8-4-5-9-25/h6-7,16-17H,4-5,8-15H2,1-3H3/b7-6+. The van der Waals surface area contributed by atoms with Crippen LogP contribution in [0.25, 0.3) is 11.9 Å². The van der Waals surface area contributed by atoms with E-state index in [-0.39, 0.29) is 5.91 Å². The molecule has 7 heteroatoms. The SMILES string of the molecule is Cc1cc(-n2c(C)cc(/C=C/C(=O)N3CCN(CCN4CCCC4)CC3)c2C)no1. The lowest BCUT2D eigenvalue weighted by Gasteiger charge is -2.35. The highest BCUT2D eigenvalue weighted by Crippen LogP contribution is 2.22. The Hall–Kier alpha value is -2.38. The molecule has 4 heterocycles. The van der Waals surface area contributed by atoms with Gasteiger partial charge in [-0.15, -0.1) is 0 Å². The molecule has 2 saturated heterocycles. The van der Waals surface area contributed by atoms with Gasteiger partial charge in [0.15, 0.2) is 5.82 Å². The summed E-state index contributed by atoms with van der Waals surface area (Å²) < 4.78 is 7.27. The van der Waals surface area contributed by atoms with Crippen molar-refractivity contribution in [1.82, 2.24) is 24.4 Å². The number of amides is 1. The van der Waals surface area contributed by atoms with E-state index in [0.717, 1.165) is 67.8 Å². The second-order valence-corrected chi connectivity index (χ2v) is 8.51. The van der Waals surface area contributed by atoms with Crippen LogP contribution in [-0.4, -0.2) is 82.7 Å². The van der Waals surface area contributed by atoms with Crippen molar-refractivity contribution in [2.45, 2.75) is 33.6 Å². The van der Waals surface area contributed by atoms with Crippen LogP contribution < -0.4 is 0 Å². The molecule has 0 atom stereocenters. The molecule has 2 fully saturated rings. The summed E-state index contributed by atoms with van der Waals surface area (Å²) in [5, 5.41) is 4.12. The Morgan fingerprint density at radius 3 is 2.30 bits per heavy atom. The number of hydrogen-bond donors (Lipinski definition) is 0. The Bertz CT molecular complexity index is 899. The van der Waals surface area contributed by atoms with Crippen molar-refractivity contribution in [2.24, 2.45) is 0 Å². The van der Waals surface area contributed by atoms with Crippen LogP contribution in [0.4, 0.5) is 0 Å². The number of nitrogens with zero attached hydrogens (tertiary/aromatic N) is 5. The van der Waals surface area contributed by atoms with Gasteiger partial charge in [0.1, 0.15) is 5.76 Å². The van der Waals surface area contributed by atoms with Crippen LogP contribution in [0.2, 0.25) is 0 Å². The Balaban J connectivity index is 1.31. The first kappa shape index (κ1) is 20.9. The third kappa shape index (κ3) is 4.68. The van der Waals surface area contributed by atoms with Gasteiger partial charge < -0.3 is 14.3 Å². The summed E-state index contributed by atoms with van der Waals surface area (Å²) in [5.41, 5.74) is 3.15. The molecule has 0 radical (unpaired) electrons. The Labute approximate surface area is 178 Å². The summed E-state index contributed by atoms with van der Waals surface area (Å²) in [7, 11) is 0. The fourth-order valence-electron chi connectivity index (χ4n) is 4.51. The highest BCUT2D eigenvalue weighted by atomic mass is 16.5. The predicted octanol–water partition coefficient (Wildman–Crippen LogP) is 2.64. The first-order chi connectivity index (χ1) is 14.5. The van der Waals surface area contributed by atoms with Crippen molar-refractivity contribution in [3.05, 3.63) is 40.9 Å². The smallest absolute Gasteiger partial charge is 0.246 e. The van der Waals surface area contributed by atoms with E-state index in [2.05, 4.69) is 25.6 Å². The molecule has 30 heavy (non-hydrogen) atoms. The molecule has 2 aliphatic heterocycles. The highest BCUT2D eigenvalue weighted by Gasteiger charge is 2.21. The molecule has 0 aromatic carbocycles. The minimum Gasteiger partial charge on any atom is -0.360 e. The van der Waals surface area contributed by atoms with Crippen LogP contribution >= 0.6 is 0 Å². The summed E-state index contributed by atoms with van der Waals surface area (Å²) in [6.07, 6.45) is 6.32. The van der Waals surface area contributed by atoms with E-state index in [9.17, 15) is 4.79 Å². The van der Waals surface area contributed by atoms with E-state index in [0.29, 0.717) is 0 Å². The van der Waals surface area contributed by atoms with Crippen LogP contribution in [0.15, 0.2) is 22.7 Å². The maximum Gasteiger partial charge on any atom is 0.246 e. The van der Waals surface area contributed by atoms with E-state index in [1.165, 1.54) is 25.9 Å². The fraction of sp³-hybridized carbons (Fsp3) is 0.565. The molecule has 0 saturated carbocycles. The van der Waals surface area contributed by atoms with Gasteiger partial charge in [-0.2, -0.15) is 0 Å². The molecule has 2 aliphatic rings. The third-order valence-corrected chi connectivity index (χ3v) is 6.34. The van der Waals surface area contributed by atoms with Gasteiger partial charge in [0.05, 0.1) is 0 Å². The molecule has 0 N–H and O–H groups in total. The van der Waals surface area contributed by atoms with Gasteiger partial charge in [0.25, 0.3) is 0 Å². The molecule has 162 valence electrons. The zero-order valence-corrected chi connectivity index (χ0v) is 18.4. The minimum absolute atomic E-state index is 0.0938. The van der Waals surface area contributed by atoms with Crippen molar-refractivity contribution in [1.29, 1.82) is 0 Å². The lowest BCUT2D eigenvalue weighted by atomic mass is 10.2. The van der Waals surface area contributed by atoms with Gasteiger partial charge in [0, 0.05) is 62.8 Å². The van der Waals surface area contributed by atoms with E-state index in [4.69, 9.17) is 4.52 Å². The summed E-state index contributed by atoms with van der Waals surface area (Å²) in [5.74, 6) is 1.65. The molecule has 7 nitrogen and oxygen atoms in total. The van der Waals surface area contributed by atoms with E-state index >= 15 is 0 Å². The van der Waals surface area contributed by atoms with Gasteiger partial charge in [-0.05, 0) is 64.4 Å². The maximum atomic E-state index is 12.7. The second kappa shape index (κ2) is 9.18. The zero-order chi connectivity index (χ0) is 21.1. The predicted molar refractivity (Wildman–Crippen MR) is 118 cm³/mol. The number of carbonyl (C=O) groups excluding carboxylic acids is 1. The lowest BCUT2D eigenvalue weighted by molar-refractivity contribution is -0.127. The van der Waals surface area contributed by atoms with E-state index in [1.54, 1.807) is 6.08 Å². The fourth-order valence-corrected chi connectivity index (χ4v) is 4.51. The molecule has 4 rings (SSSR count). The molecule has 0 spiro atoms. The number of aryl methyl sites for hydroxylation is 2. The first-order valence-corrected chi connectivity index (χ1v) is 11.1. The Morgan fingerprint density at radius 1 is 1.00 bits per heavy atom. The first-order valence-electron chi connectivity index (χ1n) is 11.1. The van der Waals surface area contributed by atoms with Crippen LogP contribution in [0.3, 0.4) is 0 Å². The Kier molecular flexibility index (Phi) is 6.39. The van der Waals surface area contributed by atoms with Gasteiger partial charge in [-0.3, -0.25) is 14.3 Å². The average molecular weight is 412 g/mol. The summed E-state index contributed by atoms with van der Waals surface area (Å²) in [4.78, 5) is 19.7. The topological polar surface area (TPSA) is 57.8 Å². The summed E-state index contributed by atoms with van der Waals surface area (Å²) >= 11 is 0. The second-order valence-electron chi connectivity index (χ2n) is 8.51. The molecule has 0 aliphatic carbocycles. The highest BCUT2D eigenvalue weighted by molar-refractivity contribution is 5.92. The normalized spacial score (nSPS) is 18.7. The molecule has 2 aromatic rings. The third-order valence-electron chi connectivity index (χ3n) is 6.34. The van der Waals surface area contributed by atoms with Crippen molar-refractivity contribution < 1.29 is 9.32 Å². The van der Waals surface area contributed by atoms with Crippen molar-refractivity contribution >= 4 is 12.0 Å². The zero-order valence-electron chi connectivity index (χ0n) is 18.4. The van der Waals surface area contributed by atoms with Crippen molar-refractivity contribution in [3.8, 4) is 5.82 Å². The number of rotatable bonds is 6. The monoisotopic (exact) mass is 411 g/mol. The summed E-state index contributed by atoms with van der Waals surface area (Å²) in [6, 6.07) is 4.00. The number of carbonyl (C=O) groups is 1. The van der Waals surface area contributed by atoms with Gasteiger partial charge in [0.2, 0.25) is 5.91 Å². The molecular weight excluding hydrogens is 378 g/mol. The average Bonchev–Trinajstić information content (AvgIpc) is 3.46. The van der Waals surface area contributed by atoms with Crippen molar-refractivity contribution in [3.63, 3.8) is 0 Å². The lowest BCUT2D eigenvalue weighted by Crippen LogP contribution is -2.49. The van der Waals surface area contributed by atoms with Crippen molar-refractivity contribution in [2.75, 3.05) is 52.4 Å². The maximum absolute atomic E-state index is 12.7. The molecule has 0 unspecified atom stereocenters. The molecule has 2 aromatic heterocycles. The number of aromatic nitrogens is 2.